The van der Waals surface area contributed by atoms with E-state index in [2.05, 4.69) is 0 Å². The van der Waals surface area contributed by atoms with Crippen molar-refractivity contribution >= 4 is 11.9 Å². The number of rotatable bonds is 2. The lowest BCUT2D eigenvalue weighted by molar-refractivity contribution is -0.162. The summed E-state index contributed by atoms with van der Waals surface area (Å²) in [5.74, 6) is -2.76. The van der Waals surface area contributed by atoms with Crippen molar-refractivity contribution in [2.75, 3.05) is 0 Å². The van der Waals surface area contributed by atoms with Gasteiger partial charge in [-0.25, -0.2) is 0 Å². The van der Waals surface area contributed by atoms with E-state index in [4.69, 9.17) is 10.5 Å². The molecule has 0 bridgehead atoms. The summed E-state index contributed by atoms with van der Waals surface area (Å²) in [4.78, 5) is 23.9. The molecule has 3 N–H and O–H groups in total. The number of hydrogen-bond acceptors (Lipinski definition) is 4. The fourth-order valence-electron chi connectivity index (χ4n) is 2.57. The monoisotopic (exact) mass is 277 g/mol. The maximum absolute atomic E-state index is 12.4. The standard InChI is InChI=1S/C15H19NO4/c1-14(2,3)20-12(17)11-10-7-5-4-6-9(10)8-15(11,16)13(18)19/h4-7,11H,8,16H2,1-3H3,(H,18,19). The summed E-state index contributed by atoms with van der Waals surface area (Å²) in [6, 6.07) is 7.11. The molecular formula is C15H19NO4. The van der Waals surface area contributed by atoms with Crippen LogP contribution in [0.15, 0.2) is 24.3 Å². The van der Waals surface area contributed by atoms with Crippen LogP contribution >= 0.6 is 0 Å². The zero-order valence-electron chi connectivity index (χ0n) is 11.8. The summed E-state index contributed by atoms with van der Waals surface area (Å²) in [7, 11) is 0. The summed E-state index contributed by atoms with van der Waals surface area (Å²) in [6.07, 6.45) is 0.127. The van der Waals surface area contributed by atoms with Crippen LogP contribution in [0.1, 0.15) is 37.8 Å². The van der Waals surface area contributed by atoms with Gasteiger partial charge in [-0.15, -0.1) is 0 Å². The number of fused-ring (bicyclic) bond motifs is 1. The van der Waals surface area contributed by atoms with Crippen LogP contribution in [0.3, 0.4) is 0 Å². The first kappa shape index (κ1) is 14.5. The van der Waals surface area contributed by atoms with Crippen LogP contribution in [0.25, 0.3) is 0 Å². The van der Waals surface area contributed by atoms with Crippen LogP contribution in [0.2, 0.25) is 0 Å². The van der Waals surface area contributed by atoms with Crippen molar-refractivity contribution in [1.82, 2.24) is 0 Å². The molecule has 0 heterocycles. The van der Waals surface area contributed by atoms with Crippen LogP contribution in [-0.2, 0) is 20.7 Å². The second kappa shape index (κ2) is 4.59. The number of carbonyl (C=O) groups excluding carboxylic acids is 1. The average molecular weight is 277 g/mol. The molecule has 1 aliphatic rings. The lowest BCUT2D eigenvalue weighted by Gasteiger charge is -2.29. The van der Waals surface area contributed by atoms with Crippen LogP contribution in [0, 0.1) is 0 Å². The normalized spacial score (nSPS) is 25.1. The van der Waals surface area contributed by atoms with E-state index in [1.54, 1.807) is 45.0 Å². The third-order valence-corrected chi connectivity index (χ3v) is 3.40. The molecule has 0 spiro atoms. The number of carboxylic acid groups (broad SMARTS) is 1. The molecule has 1 aliphatic carbocycles. The Hall–Kier alpha value is -1.88. The molecule has 20 heavy (non-hydrogen) atoms. The summed E-state index contributed by atoms with van der Waals surface area (Å²) >= 11 is 0. The minimum absolute atomic E-state index is 0.127. The molecule has 2 atom stereocenters. The Morgan fingerprint density at radius 3 is 2.50 bits per heavy atom. The van der Waals surface area contributed by atoms with Crippen molar-refractivity contribution in [2.45, 2.75) is 44.2 Å². The van der Waals surface area contributed by atoms with E-state index in [9.17, 15) is 14.7 Å². The molecule has 0 radical (unpaired) electrons. The highest BCUT2D eigenvalue weighted by Crippen LogP contribution is 2.41. The number of esters is 1. The smallest absolute Gasteiger partial charge is 0.325 e. The second-order valence-electron chi connectivity index (χ2n) is 6.19. The molecule has 5 heteroatoms. The summed E-state index contributed by atoms with van der Waals surface area (Å²) in [6.45, 7) is 5.22. The molecule has 0 saturated heterocycles. The van der Waals surface area contributed by atoms with Gasteiger partial charge >= 0.3 is 11.9 Å². The van der Waals surface area contributed by atoms with Gasteiger partial charge in [0.05, 0.1) is 0 Å². The average Bonchev–Trinajstić information content (AvgIpc) is 2.60. The molecule has 0 aromatic heterocycles. The third-order valence-electron chi connectivity index (χ3n) is 3.40. The van der Waals surface area contributed by atoms with Crippen molar-refractivity contribution in [3.8, 4) is 0 Å². The number of carbonyl (C=O) groups is 2. The van der Waals surface area contributed by atoms with Crippen LogP contribution in [0.4, 0.5) is 0 Å². The third kappa shape index (κ3) is 2.41. The highest BCUT2D eigenvalue weighted by atomic mass is 16.6. The number of aliphatic carboxylic acids is 1. The first-order chi connectivity index (χ1) is 9.15. The lowest BCUT2D eigenvalue weighted by atomic mass is 9.85. The molecule has 0 fully saturated rings. The van der Waals surface area contributed by atoms with Gasteiger partial charge in [0.1, 0.15) is 17.1 Å². The van der Waals surface area contributed by atoms with Crippen molar-refractivity contribution < 1.29 is 19.4 Å². The summed E-state index contributed by atoms with van der Waals surface area (Å²) < 4.78 is 5.34. The maximum atomic E-state index is 12.4. The number of benzene rings is 1. The van der Waals surface area contributed by atoms with E-state index in [0.29, 0.717) is 5.56 Å². The van der Waals surface area contributed by atoms with Gasteiger partial charge in [-0.1, -0.05) is 24.3 Å². The highest BCUT2D eigenvalue weighted by molar-refractivity contribution is 5.93. The summed E-state index contributed by atoms with van der Waals surface area (Å²) in [5.41, 5.74) is 5.11. The molecule has 1 aromatic carbocycles. The van der Waals surface area contributed by atoms with Gasteiger partial charge < -0.3 is 15.6 Å². The quantitative estimate of drug-likeness (QED) is 0.799. The van der Waals surface area contributed by atoms with Gasteiger partial charge in [-0.3, -0.25) is 9.59 Å². The fraction of sp³-hybridized carbons (Fsp3) is 0.467. The molecule has 0 aliphatic heterocycles. The SMILES string of the molecule is CC(C)(C)OC(=O)C1c2ccccc2CC1(N)C(=O)O. The first-order valence-corrected chi connectivity index (χ1v) is 6.48. The van der Waals surface area contributed by atoms with Crippen LogP contribution in [-0.4, -0.2) is 28.2 Å². The molecule has 108 valence electrons. The lowest BCUT2D eigenvalue weighted by Crippen LogP contribution is -2.54. The summed E-state index contributed by atoms with van der Waals surface area (Å²) in [5, 5.41) is 9.43. The zero-order valence-corrected chi connectivity index (χ0v) is 11.8. The minimum Gasteiger partial charge on any atom is -0.480 e. The van der Waals surface area contributed by atoms with E-state index in [1.165, 1.54) is 0 Å². The van der Waals surface area contributed by atoms with Crippen molar-refractivity contribution in [2.24, 2.45) is 5.73 Å². The van der Waals surface area contributed by atoms with Crippen molar-refractivity contribution in [3.05, 3.63) is 35.4 Å². The predicted octanol–water partition coefficient (Wildman–Crippen LogP) is 1.45. The van der Waals surface area contributed by atoms with Gasteiger partial charge in [0.2, 0.25) is 0 Å². The zero-order chi connectivity index (χ0) is 15.1. The molecule has 2 unspecified atom stereocenters. The Labute approximate surface area is 117 Å². The van der Waals surface area contributed by atoms with Crippen LogP contribution < -0.4 is 5.73 Å². The minimum atomic E-state index is -1.65. The van der Waals surface area contributed by atoms with Gasteiger partial charge in [0.25, 0.3) is 0 Å². The van der Waals surface area contributed by atoms with Gasteiger partial charge in [0, 0.05) is 6.42 Å². The molecule has 0 amide bonds. The largest absolute Gasteiger partial charge is 0.480 e. The van der Waals surface area contributed by atoms with Gasteiger partial charge in [-0.2, -0.15) is 0 Å². The second-order valence-corrected chi connectivity index (χ2v) is 6.19. The van der Waals surface area contributed by atoms with E-state index in [0.717, 1.165) is 5.56 Å². The number of hydrogen-bond donors (Lipinski definition) is 2. The van der Waals surface area contributed by atoms with Crippen molar-refractivity contribution in [1.29, 1.82) is 0 Å². The molecule has 1 aromatic rings. The number of ether oxygens (including phenoxy) is 1. The number of nitrogens with two attached hydrogens (primary N) is 1. The molecule has 0 saturated carbocycles. The van der Waals surface area contributed by atoms with E-state index < -0.39 is 29.0 Å². The number of carboxylic acids is 1. The van der Waals surface area contributed by atoms with E-state index in [-0.39, 0.29) is 6.42 Å². The first-order valence-electron chi connectivity index (χ1n) is 6.48. The Kier molecular flexibility index (Phi) is 3.34. The maximum Gasteiger partial charge on any atom is 0.325 e. The van der Waals surface area contributed by atoms with E-state index in [1.807, 2.05) is 0 Å². The Balaban J connectivity index is 2.45. The Morgan fingerprint density at radius 2 is 1.95 bits per heavy atom. The molecular weight excluding hydrogens is 258 g/mol. The Morgan fingerprint density at radius 1 is 1.35 bits per heavy atom. The van der Waals surface area contributed by atoms with Gasteiger partial charge in [0.15, 0.2) is 0 Å². The van der Waals surface area contributed by atoms with E-state index >= 15 is 0 Å². The highest BCUT2D eigenvalue weighted by Gasteiger charge is 2.54. The topological polar surface area (TPSA) is 89.6 Å². The van der Waals surface area contributed by atoms with Crippen molar-refractivity contribution in [3.63, 3.8) is 0 Å². The molecule has 2 rings (SSSR count). The fourth-order valence-corrected chi connectivity index (χ4v) is 2.57. The Bertz CT molecular complexity index is 561. The van der Waals surface area contributed by atoms with Crippen LogP contribution in [0.5, 0.6) is 0 Å². The molecule has 5 nitrogen and oxygen atoms in total. The van der Waals surface area contributed by atoms with Gasteiger partial charge in [-0.05, 0) is 31.9 Å². The predicted molar refractivity (Wildman–Crippen MR) is 73.3 cm³/mol.